The van der Waals surface area contributed by atoms with Gasteiger partial charge in [0.25, 0.3) is 0 Å². The van der Waals surface area contributed by atoms with Gasteiger partial charge in [-0.05, 0) is 19.4 Å². The lowest BCUT2D eigenvalue weighted by atomic mass is 10.2. The first-order valence-electron chi connectivity index (χ1n) is 5.87. The Kier molecular flexibility index (Phi) is 14.3. The molecule has 20 heavy (non-hydrogen) atoms. The van der Waals surface area contributed by atoms with Gasteiger partial charge in [-0.15, -0.1) is 23.2 Å². The Bertz CT molecular complexity index is 300. The largest absolute Gasteiger partial charge is 0.480 e. The molecule has 8 N–H and O–H groups in total. The van der Waals surface area contributed by atoms with Gasteiger partial charge in [-0.3, -0.25) is 9.36 Å². The van der Waals surface area contributed by atoms with E-state index in [1.807, 2.05) is 0 Å². The molecular formula is C9H23Cl2N4O4P. The standard InChI is InChI=1S/C5H12N2O2.C4H11Cl2N2O2P/c6-3-1-2-4(7)5(8)9;5-1-3-8(4-2-6)11(7,9)10/h4H,1-3,6-7H2,(H,8,9);1-4H2,(H3,7,9,10). The molecule has 0 aliphatic heterocycles. The molecule has 0 aromatic heterocycles. The maximum absolute atomic E-state index is 10.8. The average Bonchev–Trinajstić information content (AvgIpc) is 2.35. The lowest BCUT2D eigenvalue weighted by Gasteiger charge is -2.21. The second-order valence-electron chi connectivity index (χ2n) is 3.80. The second kappa shape index (κ2) is 12.8. The predicted octanol–water partition coefficient (Wildman–Crippen LogP) is -0.0377. The molecule has 0 bridgehead atoms. The molecule has 0 fully saturated rings. The van der Waals surface area contributed by atoms with Crippen molar-refractivity contribution in [1.82, 2.24) is 4.67 Å². The van der Waals surface area contributed by atoms with Gasteiger partial charge in [0.2, 0.25) is 0 Å². The van der Waals surface area contributed by atoms with Crippen LogP contribution < -0.4 is 17.0 Å². The summed E-state index contributed by atoms with van der Waals surface area (Å²) in [5.74, 6) is -0.430. The van der Waals surface area contributed by atoms with E-state index in [1.165, 1.54) is 4.67 Å². The highest BCUT2D eigenvalue weighted by atomic mass is 35.5. The third-order valence-electron chi connectivity index (χ3n) is 2.13. The van der Waals surface area contributed by atoms with Crippen LogP contribution >= 0.6 is 30.9 Å². The normalized spacial score (nSPS) is 15.2. The van der Waals surface area contributed by atoms with Crippen LogP contribution in [0.3, 0.4) is 0 Å². The zero-order valence-electron chi connectivity index (χ0n) is 11.1. The third-order valence-corrected chi connectivity index (χ3v) is 3.68. The molecular weight excluding hydrogens is 330 g/mol. The van der Waals surface area contributed by atoms with Crippen molar-refractivity contribution in [2.45, 2.75) is 18.9 Å². The Labute approximate surface area is 128 Å². The molecule has 0 amide bonds. The highest BCUT2D eigenvalue weighted by molar-refractivity contribution is 7.52. The summed E-state index contributed by atoms with van der Waals surface area (Å²) in [5, 5.41) is 8.24. The van der Waals surface area contributed by atoms with E-state index in [1.54, 1.807) is 0 Å². The van der Waals surface area contributed by atoms with Crippen molar-refractivity contribution >= 4 is 36.8 Å². The number of aliphatic carboxylic acids is 1. The van der Waals surface area contributed by atoms with Gasteiger partial charge < -0.3 is 21.5 Å². The van der Waals surface area contributed by atoms with Gasteiger partial charge in [0.05, 0.1) is 0 Å². The molecule has 0 heterocycles. The SMILES string of the molecule is NCCCC(N)C(=O)O.NP(=O)(O)N(CCCl)CCCl. The van der Waals surface area contributed by atoms with E-state index in [0.29, 0.717) is 19.4 Å². The third kappa shape index (κ3) is 13.1. The van der Waals surface area contributed by atoms with Gasteiger partial charge in [-0.25, -0.2) is 10.2 Å². The zero-order chi connectivity index (χ0) is 16.2. The summed E-state index contributed by atoms with van der Waals surface area (Å²) < 4.78 is 12.0. The molecule has 0 aromatic rings. The van der Waals surface area contributed by atoms with Crippen LogP contribution in [-0.4, -0.2) is 58.1 Å². The van der Waals surface area contributed by atoms with E-state index < -0.39 is 19.7 Å². The number of nitrogens with two attached hydrogens (primary N) is 3. The van der Waals surface area contributed by atoms with Crippen LogP contribution in [-0.2, 0) is 9.36 Å². The average molecular weight is 353 g/mol. The molecule has 0 saturated heterocycles. The lowest BCUT2D eigenvalue weighted by molar-refractivity contribution is -0.138. The molecule has 2 atom stereocenters. The first-order valence-corrected chi connectivity index (χ1v) is 8.62. The van der Waals surface area contributed by atoms with E-state index in [0.717, 1.165) is 0 Å². The van der Waals surface area contributed by atoms with Crippen LogP contribution in [0.5, 0.6) is 0 Å². The van der Waals surface area contributed by atoms with E-state index in [4.69, 9.17) is 50.2 Å². The van der Waals surface area contributed by atoms with Gasteiger partial charge in [0.1, 0.15) is 6.04 Å². The number of rotatable bonds is 9. The summed E-state index contributed by atoms with van der Waals surface area (Å²) in [6.07, 6.45) is 1.14. The first kappa shape index (κ1) is 22.4. The monoisotopic (exact) mass is 352 g/mol. The number of carboxylic acids is 1. The Morgan fingerprint density at radius 3 is 2.00 bits per heavy atom. The van der Waals surface area contributed by atoms with Crippen LogP contribution in [0.1, 0.15) is 12.8 Å². The highest BCUT2D eigenvalue weighted by Gasteiger charge is 2.21. The lowest BCUT2D eigenvalue weighted by Crippen LogP contribution is -2.30. The quantitative estimate of drug-likeness (QED) is 0.286. The predicted molar refractivity (Wildman–Crippen MR) is 80.9 cm³/mol. The van der Waals surface area contributed by atoms with Crippen molar-refractivity contribution in [3.63, 3.8) is 0 Å². The minimum atomic E-state index is -3.64. The summed E-state index contributed by atoms with van der Waals surface area (Å²) in [5.41, 5.74) is 15.2. The fourth-order valence-electron chi connectivity index (χ4n) is 1.05. The number of hydrogen-bond donors (Lipinski definition) is 5. The Balaban J connectivity index is 0. The van der Waals surface area contributed by atoms with Crippen molar-refractivity contribution in [3.8, 4) is 0 Å². The van der Waals surface area contributed by atoms with Crippen LogP contribution in [0.15, 0.2) is 0 Å². The second-order valence-corrected chi connectivity index (χ2v) is 6.30. The molecule has 2 unspecified atom stereocenters. The van der Waals surface area contributed by atoms with Crippen molar-refractivity contribution in [1.29, 1.82) is 0 Å². The molecule has 0 aromatic carbocycles. The number of alkyl halides is 2. The van der Waals surface area contributed by atoms with E-state index in [9.17, 15) is 9.36 Å². The molecule has 11 heteroatoms. The van der Waals surface area contributed by atoms with Gasteiger partial charge in [-0.2, -0.15) is 0 Å². The van der Waals surface area contributed by atoms with Crippen LogP contribution in [0, 0.1) is 0 Å². The number of halogens is 2. The van der Waals surface area contributed by atoms with E-state index >= 15 is 0 Å². The summed E-state index contributed by atoms with van der Waals surface area (Å²) in [6, 6.07) is -0.742. The Morgan fingerprint density at radius 2 is 1.75 bits per heavy atom. The first-order chi connectivity index (χ1) is 9.20. The topological polar surface area (TPSA) is 156 Å². The van der Waals surface area contributed by atoms with Gasteiger partial charge in [0, 0.05) is 24.8 Å². The molecule has 0 aliphatic carbocycles. The molecule has 0 saturated carbocycles. The Hall–Kier alpha value is 0.0800. The van der Waals surface area contributed by atoms with Crippen molar-refractivity contribution in [2.75, 3.05) is 31.4 Å². The molecule has 8 nitrogen and oxygen atoms in total. The smallest absolute Gasteiger partial charge is 0.338 e. The van der Waals surface area contributed by atoms with E-state index in [-0.39, 0.29) is 24.8 Å². The molecule has 0 spiro atoms. The number of carbonyl (C=O) groups is 1. The van der Waals surface area contributed by atoms with Crippen molar-refractivity contribution < 1.29 is 19.4 Å². The summed E-state index contributed by atoms with van der Waals surface area (Å²) >= 11 is 10.7. The summed E-state index contributed by atoms with van der Waals surface area (Å²) in [6.45, 7) is 1.05. The minimum Gasteiger partial charge on any atom is -0.480 e. The summed E-state index contributed by atoms with van der Waals surface area (Å²) in [7, 11) is -3.64. The van der Waals surface area contributed by atoms with Gasteiger partial charge >= 0.3 is 13.6 Å². The number of nitrogens with zero attached hydrogens (tertiary/aromatic N) is 1. The van der Waals surface area contributed by atoms with E-state index in [2.05, 4.69) is 0 Å². The fourth-order valence-corrected chi connectivity index (χ4v) is 2.47. The van der Waals surface area contributed by atoms with Crippen molar-refractivity contribution in [2.24, 2.45) is 17.0 Å². The van der Waals surface area contributed by atoms with Crippen molar-refractivity contribution in [3.05, 3.63) is 0 Å². The number of carboxylic acid groups (broad SMARTS) is 1. The molecule has 0 radical (unpaired) electrons. The van der Waals surface area contributed by atoms with Crippen LogP contribution in [0.2, 0.25) is 0 Å². The van der Waals surface area contributed by atoms with Gasteiger partial charge in [0.15, 0.2) is 0 Å². The van der Waals surface area contributed by atoms with Crippen LogP contribution in [0.4, 0.5) is 0 Å². The maximum Gasteiger partial charge on any atom is 0.338 e. The molecule has 122 valence electrons. The maximum atomic E-state index is 10.8. The molecule has 0 rings (SSSR count). The molecule has 0 aliphatic rings. The van der Waals surface area contributed by atoms with Crippen LogP contribution in [0.25, 0.3) is 0 Å². The number of hydrogen-bond acceptors (Lipinski definition) is 4. The summed E-state index contributed by atoms with van der Waals surface area (Å²) in [4.78, 5) is 18.9. The van der Waals surface area contributed by atoms with Gasteiger partial charge in [-0.1, -0.05) is 0 Å². The zero-order valence-corrected chi connectivity index (χ0v) is 13.5. The Morgan fingerprint density at radius 1 is 1.30 bits per heavy atom. The fraction of sp³-hybridized carbons (Fsp3) is 0.889. The highest BCUT2D eigenvalue weighted by Crippen LogP contribution is 2.34. The minimum absolute atomic E-state index is 0.263.